The number of allylic oxidation sites excluding steroid dienone is 3. The van der Waals surface area contributed by atoms with Gasteiger partial charge in [0.15, 0.2) is 0 Å². The first-order valence-electron chi connectivity index (χ1n) is 13.2. The molecule has 0 heterocycles. The first kappa shape index (κ1) is 28.6. The quantitative estimate of drug-likeness (QED) is 0.166. The van der Waals surface area contributed by atoms with Gasteiger partial charge in [0.1, 0.15) is 0 Å². The van der Waals surface area contributed by atoms with Gasteiger partial charge < -0.3 is 0 Å². The number of benzene rings is 3. The molecule has 0 aliphatic heterocycles. The van der Waals surface area contributed by atoms with Crippen LogP contribution in [0.2, 0.25) is 0 Å². The number of nitrogens with zero attached hydrogens (tertiary/aromatic N) is 1. The Bertz CT molecular complexity index is 1340. The Morgan fingerprint density at radius 1 is 1.08 bits per heavy atom. The molecule has 39 heavy (non-hydrogen) atoms. The van der Waals surface area contributed by atoms with Gasteiger partial charge in [-0.15, -0.1) is 0 Å². The molecule has 0 bridgehead atoms. The first-order valence-corrected chi connectivity index (χ1v) is 13.2. The Morgan fingerprint density at radius 3 is 2.49 bits per heavy atom. The summed E-state index contributed by atoms with van der Waals surface area (Å²) in [4.78, 5) is 1.65. The zero-order chi connectivity index (χ0) is 28.0. The van der Waals surface area contributed by atoms with Crippen LogP contribution in [0.4, 0.5) is 23.2 Å². The van der Waals surface area contributed by atoms with Crippen LogP contribution in [0.5, 0.6) is 0 Å². The Hall–Kier alpha value is -3.45. The van der Waals surface area contributed by atoms with Crippen LogP contribution in [0.1, 0.15) is 48.3 Å². The van der Waals surface area contributed by atoms with Crippen molar-refractivity contribution in [1.29, 1.82) is 0 Å². The zero-order valence-corrected chi connectivity index (χ0v) is 22.1. The van der Waals surface area contributed by atoms with Gasteiger partial charge >= 0.3 is 229 Å². The van der Waals surface area contributed by atoms with Crippen molar-refractivity contribution in [3.8, 4) is 0 Å². The van der Waals surface area contributed by atoms with Crippen LogP contribution in [-0.2, 0) is 6.54 Å². The first-order chi connectivity index (χ1) is 18.7. The van der Waals surface area contributed by atoms with Crippen LogP contribution >= 0.6 is 0 Å². The molecule has 2 nitrogen and oxygen atoms in total. The summed E-state index contributed by atoms with van der Waals surface area (Å²) in [6.07, 6.45) is 0.790. The second-order valence-electron chi connectivity index (χ2n) is 10.1. The molecule has 3 aromatic carbocycles. The molecule has 0 saturated heterocycles. The molecule has 1 unspecified atom stereocenters. The second kappa shape index (κ2) is 12.6. The van der Waals surface area contributed by atoms with E-state index in [9.17, 15) is 13.2 Å². The van der Waals surface area contributed by atoms with Crippen molar-refractivity contribution < 1.29 is 17.6 Å². The molecule has 1 fully saturated rings. The zero-order valence-electron chi connectivity index (χ0n) is 22.1. The van der Waals surface area contributed by atoms with E-state index in [-0.39, 0.29) is 17.4 Å². The summed E-state index contributed by atoms with van der Waals surface area (Å²) in [5.41, 5.74) is 8.98. The van der Waals surface area contributed by atoms with Crippen LogP contribution in [0.25, 0.3) is 0 Å². The molecule has 1 aliphatic rings. The van der Waals surface area contributed by atoms with E-state index in [1.165, 1.54) is 18.9 Å². The number of alkyl halides is 3. The molecule has 3 aromatic rings. The van der Waals surface area contributed by atoms with E-state index in [0.717, 1.165) is 30.0 Å². The number of nitrogens with two attached hydrogens (primary N) is 1. The van der Waals surface area contributed by atoms with Gasteiger partial charge in [0.25, 0.3) is 0 Å². The van der Waals surface area contributed by atoms with Crippen molar-refractivity contribution in [2.24, 2.45) is 11.7 Å². The van der Waals surface area contributed by atoms with Crippen LogP contribution < -0.4 is 16.1 Å². The van der Waals surface area contributed by atoms with Gasteiger partial charge in [-0.1, -0.05) is 0 Å². The molecule has 0 radical (unpaired) electrons. The third kappa shape index (κ3) is 7.79. The van der Waals surface area contributed by atoms with E-state index >= 15 is 4.39 Å². The van der Waals surface area contributed by atoms with Gasteiger partial charge in [0, 0.05) is 0 Å². The fraction of sp³-hybridized carbons (Fsp3) is 0.281. The SMILES string of the molecule is C=C(/C=C(/C=Bc1ccc(F)c(C(CCC2CC2)c2ccccc2)c1)N(C)c1cccc(CN)c1)C(F)(F)F. The molecule has 1 saturated carbocycles. The number of hydrogen-bond acceptors (Lipinski definition) is 2. The maximum atomic E-state index is 15.2. The van der Waals surface area contributed by atoms with Crippen LogP contribution in [0, 0.1) is 11.7 Å². The average molecular weight is 532 g/mol. The molecule has 1 atom stereocenters. The molecule has 4 rings (SSSR count). The predicted molar refractivity (Wildman–Crippen MR) is 154 cm³/mol. The third-order valence-electron chi connectivity index (χ3n) is 7.21. The van der Waals surface area contributed by atoms with Gasteiger partial charge in [0.05, 0.1) is 0 Å². The van der Waals surface area contributed by atoms with Crippen molar-refractivity contribution in [2.45, 2.75) is 44.3 Å². The summed E-state index contributed by atoms with van der Waals surface area (Å²) in [5.74, 6) is 1.94. The monoisotopic (exact) mass is 532 g/mol. The summed E-state index contributed by atoms with van der Waals surface area (Å²) in [7, 11) is 1.69. The molecule has 0 amide bonds. The fourth-order valence-corrected chi connectivity index (χ4v) is 4.67. The van der Waals surface area contributed by atoms with E-state index in [1.54, 1.807) is 37.0 Å². The van der Waals surface area contributed by atoms with E-state index < -0.39 is 11.7 Å². The van der Waals surface area contributed by atoms with Gasteiger partial charge in [-0.05, 0) is 0 Å². The molecule has 1 aliphatic carbocycles. The minimum atomic E-state index is -4.56. The minimum absolute atomic E-state index is 0.0955. The Kier molecular flexibility index (Phi) is 9.23. The van der Waals surface area contributed by atoms with Crippen molar-refractivity contribution >= 4 is 24.0 Å². The number of anilines is 1. The van der Waals surface area contributed by atoms with Crippen LogP contribution in [0.3, 0.4) is 0 Å². The normalized spacial score (nSPS) is 14.8. The number of rotatable bonds is 11. The summed E-state index contributed by atoms with van der Waals surface area (Å²) < 4.78 is 55.4. The van der Waals surface area contributed by atoms with Crippen molar-refractivity contribution in [3.63, 3.8) is 0 Å². The molecule has 202 valence electrons. The van der Waals surface area contributed by atoms with Gasteiger partial charge in [-0.2, -0.15) is 0 Å². The predicted octanol–water partition coefficient (Wildman–Crippen LogP) is 6.88. The summed E-state index contributed by atoms with van der Waals surface area (Å²) in [6, 6.07) is 22.1. The summed E-state index contributed by atoms with van der Waals surface area (Å²) in [6.45, 7) is 5.25. The van der Waals surface area contributed by atoms with Crippen molar-refractivity contribution in [3.05, 3.63) is 119 Å². The van der Waals surface area contributed by atoms with Crippen LogP contribution in [0.15, 0.2) is 96.7 Å². The number of hydrogen-bond donors (Lipinski definition) is 1. The molecular weight excluding hydrogens is 499 g/mol. The Morgan fingerprint density at radius 2 is 1.82 bits per heavy atom. The summed E-state index contributed by atoms with van der Waals surface area (Å²) in [5, 5.41) is 0. The topological polar surface area (TPSA) is 29.3 Å². The molecule has 0 spiro atoms. The Labute approximate surface area is 228 Å². The van der Waals surface area contributed by atoms with E-state index in [0.29, 0.717) is 29.2 Å². The van der Waals surface area contributed by atoms with Crippen molar-refractivity contribution in [1.82, 2.24) is 0 Å². The van der Waals surface area contributed by atoms with E-state index in [2.05, 4.69) is 6.58 Å². The Balaban J connectivity index is 1.68. The van der Waals surface area contributed by atoms with Gasteiger partial charge in [-0.3, -0.25) is 0 Å². The number of halogens is 4. The maximum absolute atomic E-state index is 15.2. The molecule has 2 N–H and O–H groups in total. The molecule has 7 heteroatoms. The average Bonchev–Trinajstić information content (AvgIpc) is 3.76. The van der Waals surface area contributed by atoms with Gasteiger partial charge in [0.2, 0.25) is 0 Å². The molecule has 0 aromatic heterocycles. The fourth-order valence-electron chi connectivity index (χ4n) is 4.67. The van der Waals surface area contributed by atoms with E-state index in [1.807, 2.05) is 54.6 Å². The molecular formula is C32H33BF4N2. The third-order valence-corrected chi connectivity index (χ3v) is 7.21. The summed E-state index contributed by atoms with van der Waals surface area (Å²) >= 11 is 0. The van der Waals surface area contributed by atoms with Gasteiger partial charge in [-0.25, -0.2) is 0 Å². The van der Waals surface area contributed by atoms with E-state index in [4.69, 9.17) is 5.73 Å². The second-order valence-corrected chi connectivity index (χ2v) is 10.1. The van der Waals surface area contributed by atoms with Crippen LogP contribution in [-0.4, -0.2) is 26.1 Å². The van der Waals surface area contributed by atoms with Crippen molar-refractivity contribution in [2.75, 3.05) is 11.9 Å². The standard InChI is InChI=1S/C32H33BF4N2/c1-22(32(35,36)37)17-28(39(2)27-10-6-7-24(18-27)21-38)20-33-26-14-16-31(34)30(19-26)29(15-13-23-11-12-23)25-8-4-3-5-9-25/h3-10,14,16-20,23,29H,1,11-13,15,21,38H2,2H3/b28-17-.